The van der Waals surface area contributed by atoms with Crippen molar-refractivity contribution < 1.29 is 4.74 Å². The molecule has 0 unspecified atom stereocenters. The van der Waals surface area contributed by atoms with Gasteiger partial charge in [-0.15, -0.1) is 0 Å². The number of benzene rings is 1. The van der Waals surface area contributed by atoms with E-state index in [0.29, 0.717) is 0 Å². The number of nitrogens with two attached hydrogens (primary N) is 1. The maximum absolute atomic E-state index is 6.58. The number of methoxy groups -OCH3 is 1. The third kappa shape index (κ3) is 3.64. The lowest BCUT2D eigenvalue weighted by molar-refractivity contribution is 0.227. The molecule has 1 aliphatic carbocycles. The lowest BCUT2D eigenvalue weighted by Crippen LogP contribution is -2.45. The highest BCUT2D eigenvalue weighted by Crippen LogP contribution is 2.36. The fourth-order valence-corrected chi connectivity index (χ4v) is 3.30. The summed E-state index contributed by atoms with van der Waals surface area (Å²) in [6.07, 6.45) is 6.82. The van der Waals surface area contributed by atoms with Gasteiger partial charge in [0.25, 0.3) is 0 Å². The van der Waals surface area contributed by atoms with Gasteiger partial charge >= 0.3 is 0 Å². The van der Waals surface area contributed by atoms with Crippen molar-refractivity contribution in [1.82, 2.24) is 0 Å². The lowest BCUT2D eigenvalue weighted by Gasteiger charge is -2.37. The molecule has 1 aliphatic rings. The van der Waals surface area contributed by atoms with Crippen LogP contribution in [0.2, 0.25) is 5.02 Å². The molecule has 2 nitrogen and oxygen atoms in total. The van der Waals surface area contributed by atoms with Gasteiger partial charge in [0.2, 0.25) is 0 Å². The minimum atomic E-state index is -0.0936. The van der Waals surface area contributed by atoms with Gasteiger partial charge in [0.15, 0.2) is 0 Å². The highest BCUT2D eigenvalue weighted by molar-refractivity contribution is 6.30. The second kappa shape index (κ2) is 6.15. The van der Waals surface area contributed by atoms with Crippen LogP contribution in [0.1, 0.15) is 44.6 Å². The minimum Gasteiger partial charge on any atom is -0.496 e. The van der Waals surface area contributed by atoms with Gasteiger partial charge in [-0.3, -0.25) is 0 Å². The fraction of sp³-hybridized carbons (Fsp3) is 0.625. The maximum Gasteiger partial charge on any atom is 0.122 e. The van der Waals surface area contributed by atoms with E-state index < -0.39 is 0 Å². The molecule has 3 heteroatoms. The minimum absolute atomic E-state index is 0.0936. The first-order chi connectivity index (χ1) is 9.06. The second-order valence-electron chi connectivity index (χ2n) is 5.85. The molecule has 0 saturated heterocycles. The molecule has 0 aliphatic heterocycles. The predicted octanol–water partition coefficient (Wildman–Crippen LogP) is 4.19. The molecule has 1 aromatic carbocycles. The number of hydrogen-bond donors (Lipinski definition) is 1. The van der Waals surface area contributed by atoms with Crippen molar-refractivity contribution in [3.63, 3.8) is 0 Å². The summed E-state index contributed by atoms with van der Waals surface area (Å²) in [7, 11) is 1.70. The summed E-state index contributed by atoms with van der Waals surface area (Å²) >= 11 is 6.09. The van der Waals surface area contributed by atoms with E-state index in [1.165, 1.54) is 19.3 Å². The molecule has 0 spiro atoms. The van der Waals surface area contributed by atoms with Crippen LogP contribution in [-0.4, -0.2) is 12.6 Å². The Hall–Kier alpha value is -0.730. The number of ether oxygens (including phenoxy) is 1. The first-order valence-corrected chi connectivity index (χ1v) is 7.55. The zero-order valence-electron chi connectivity index (χ0n) is 11.9. The highest BCUT2D eigenvalue weighted by Gasteiger charge is 2.32. The topological polar surface area (TPSA) is 35.2 Å². The summed E-state index contributed by atoms with van der Waals surface area (Å²) in [6, 6.07) is 5.78. The van der Waals surface area contributed by atoms with Gasteiger partial charge in [0.1, 0.15) is 5.75 Å². The second-order valence-corrected chi connectivity index (χ2v) is 6.28. The van der Waals surface area contributed by atoms with Gasteiger partial charge < -0.3 is 10.5 Å². The molecule has 19 heavy (non-hydrogen) atoms. The third-order valence-electron chi connectivity index (χ3n) is 4.46. The Labute approximate surface area is 121 Å². The molecule has 2 N–H and O–H groups in total. The quantitative estimate of drug-likeness (QED) is 0.898. The lowest BCUT2D eigenvalue weighted by atomic mass is 9.73. The van der Waals surface area contributed by atoms with Crippen LogP contribution in [0.25, 0.3) is 0 Å². The van der Waals surface area contributed by atoms with Crippen molar-refractivity contribution >= 4 is 11.6 Å². The predicted molar refractivity (Wildman–Crippen MR) is 80.9 cm³/mol. The average molecular weight is 282 g/mol. The molecule has 0 amide bonds. The first-order valence-electron chi connectivity index (χ1n) is 7.17. The van der Waals surface area contributed by atoms with Crippen LogP contribution in [0.3, 0.4) is 0 Å². The molecule has 0 bridgehead atoms. The summed E-state index contributed by atoms with van der Waals surface area (Å²) in [6.45, 7) is 2.27. The van der Waals surface area contributed by atoms with Crippen molar-refractivity contribution in [2.45, 2.75) is 51.0 Å². The summed E-state index contributed by atoms with van der Waals surface area (Å²) in [4.78, 5) is 0. The summed E-state index contributed by atoms with van der Waals surface area (Å²) in [5.41, 5.74) is 7.62. The van der Waals surface area contributed by atoms with Crippen LogP contribution < -0.4 is 10.5 Å². The van der Waals surface area contributed by atoms with E-state index in [0.717, 1.165) is 41.5 Å². The zero-order valence-corrected chi connectivity index (χ0v) is 12.7. The highest BCUT2D eigenvalue weighted by atomic mass is 35.5. The largest absolute Gasteiger partial charge is 0.496 e. The van der Waals surface area contributed by atoms with Gasteiger partial charge in [0.05, 0.1) is 7.11 Å². The van der Waals surface area contributed by atoms with Crippen LogP contribution in [0.15, 0.2) is 18.2 Å². The van der Waals surface area contributed by atoms with E-state index in [1.807, 2.05) is 18.2 Å². The van der Waals surface area contributed by atoms with Crippen molar-refractivity contribution in [2.75, 3.05) is 7.11 Å². The molecule has 0 radical (unpaired) electrons. The van der Waals surface area contributed by atoms with Crippen LogP contribution in [0, 0.1) is 5.92 Å². The smallest absolute Gasteiger partial charge is 0.122 e. The first kappa shape index (κ1) is 14.7. The molecular weight excluding hydrogens is 258 g/mol. The molecule has 1 aromatic rings. The summed E-state index contributed by atoms with van der Waals surface area (Å²) in [5, 5.41) is 0.752. The molecule has 2 rings (SSSR count). The van der Waals surface area contributed by atoms with Gasteiger partial charge in [-0.2, -0.15) is 0 Å². The molecule has 1 fully saturated rings. The van der Waals surface area contributed by atoms with E-state index in [-0.39, 0.29) is 5.54 Å². The molecule has 106 valence electrons. The van der Waals surface area contributed by atoms with Crippen molar-refractivity contribution in [3.8, 4) is 5.75 Å². The van der Waals surface area contributed by atoms with Crippen LogP contribution in [-0.2, 0) is 6.42 Å². The van der Waals surface area contributed by atoms with E-state index in [2.05, 4.69) is 6.92 Å². The van der Waals surface area contributed by atoms with E-state index >= 15 is 0 Å². The van der Waals surface area contributed by atoms with Gasteiger partial charge in [0, 0.05) is 10.6 Å². The van der Waals surface area contributed by atoms with Crippen molar-refractivity contribution in [2.24, 2.45) is 11.7 Å². The number of hydrogen-bond acceptors (Lipinski definition) is 2. The zero-order chi connectivity index (χ0) is 13.9. The molecule has 1 saturated carbocycles. The van der Waals surface area contributed by atoms with Crippen LogP contribution in [0.5, 0.6) is 5.75 Å². The Morgan fingerprint density at radius 1 is 1.37 bits per heavy atom. The number of halogens is 1. The monoisotopic (exact) mass is 281 g/mol. The molecule has 0 atom stereocenters. The van der Waals surface area contributed by atoms with E-state index in [4.69, 9.17) is 22.1 Å². The Kier molecular flexibility index (Phi) is 4.75. The molecule has 0 aromatic heterocycles. The van der Waals surface area contributed by atoms with Crippen molar-refractivity contribution in [3.05, 3.63) is 28.8 Å². The normalized spacial score (nSPS) is 27.3. The van der Waals surface area contributed by atoms with E-state index in [1.54, 1.807) is 7.11 Å². The molecule has 0 heterocycles. The third-order valence-corrected chi connectivity index (χ3v) is 4.70. The molecular formula is C16H24ClNO. The van der Waals surface area contributed by atoms with Crippen LogP contribution in [0.4, 0.5) is 0 Å². The standard InChI is InChI=1S/C16H24ClNO/c1-3-12-6-8-16(18,9-7-12)11-13-10-14(17)4-5-15(13)19-2/h4-5,10,12H,3,6-9,11,18H2,1-2H3. The average Bonchev–Trinajstić information content (AvgIpc) is 2.39. The Morgan fingerprint density at radius 3 is 2.63 bits per heavy atom. The SMILES string of the molecule is CCC1CCC(N)(Cc2cc(Cl)ccc2OC)CC1. The maximum atomic E-state index is 6.58. The van der Waals surface area contributed by atoms with Crippen LogP contribution >= 0.6 is 11.6 Å². The summed E-state index contributed by atoms with van der Waals surface area (Å²) in [5.74, 6) is 1.75. The Balaban J connectivity index is 2.10. The Morgan fingerprint density at radius 2 is 2.05 bits per heavy atom. The van der Waals surface area contributed by atoms with E-state index in [9.17, 15) is 0 Å². The fourth-order valence-electron chi connectivity index (χ4n) is 3.10. The van der Waals surface area contributed by atoms with Crippen molar-refractivity contribution in [1.29, 1.82) is 0 Å². The van der Waals surface area contributed by atoms with Gasteiger partial charge in [-0.1, -0.05) is 24.9 Å². The summed E-state index contributed by atoms with van der Waals surface area (Å²) < 4.78 is 5.41. The number of rotatable bonds is 4. The Bertz CT molecular complexity index is 425. The van der Waals surface area contributed by atoms with Gasteiger partial charge in [-0.05, 0) is 61.8 Å². The van der Waals surface area contributed by atoms with Gasteiger partial charge in [-0.25, -0.2) is 0 Å².